The normalized spacial score (nSPS) is 12.9. The highest BCUT2D eigenvalue weighted by Gasteiger charge is 2.29. The Kier molecular flexibility index (Phi) is 4.71. The average Bonchev–Trinajstić information content (AvgIpc) is 2.99. The van der Waals surface area contributed by atoms with Gasteiger partial charge in [-0.25, -0.2) is 4.68 Å². The number of hydrogen-bond acceptors (Lipinski definition) is 5. The third kappa shape index (κ3) is 4.52. The molecule has 118 valence electrons. The minimum absolute atomic E-state index is 0.421. The lowest BCUT2D eigenvalue weighted by Gasteiger charge is -2.14. The van der Waals surface area contributed by atoms with Gasteiger partial charge in [-0.05, 0) is 41.6 Å². The average molecular weight is 315 g/mol. The minimum Gasteiger partial charge on any atom is -0.359 e. The van der Waals surface area contributed by atoms with Gasteiger partial charge in [0.15, 0.2) is 0 Å². The van der Waals surface area contributed by atoms with Crippen LogP contribution in [0.25, 0.3) is 5.69 Å². The lowest BCUT2D eigenvalue weighted by Crippen LogP contribution is -2.31. The van der Waals surface area contributed by atoms with E-state index in [4.69, 9.17) is 0 Å². The first-order chi connectivity index (χ1) is 10.3. The van der Waals surface area contributed by atoms with Crippen molar-refractivity contribution in [2.24, 2.45) is 0 Å². The van der Waals surface area contributed by atoms with Gasteiger partial charge in [0.25, 0.3) is 5.91 Å². The summed E-state index contributed by atoms with van der Waals surface area (Å²) in [7, 11) is 0. The Balaban J connectivity index is 1.91. The van der Waals surface area contributed by atoms with Crippen LogP contribution in [0.2, 0.25) is 0 Å². The Hall–Kier alpha value is -2.49. The Morgan fingerprint density at radius 3 is 2.59 bits per heavy atom. The van der Waals surface area contributed by atoms with Crippen LogP contribution < -0.4 is 5.32 Å². The molecule has 0 radical (unpaired) electrons. The number of benzene rings is 1. The van der Waals surface area contributed by atoms with Gasteiger partial charge in [-0.1, -0.05) is 0 Å². The van der Waals surface area contributed by atoms with Gasteiger partial charge in [-0.2, -0.15) is 13.2 Å². The molecule has 1 atom stereocenters. The maximum Gasteiger partial charge on any atom is 0.411 e. The van der Waals surface area contributed by atoms with Gasteiger partial charge < -0.3 is 10.1 Å². The number of nitrogens with zero attached hydrogens (tertiary/aromatic N) is 4. The number of carbonyl (C=O) groups excluding carboxylic acids is 1. The number of anilines is 1. The number of halogens is 3. The number of rotatable bonds is 5. The van der Waals surface area contributed by atoms with Crippen LogP contribution >= 0.6 is 0 Å². The van der Waals surface area contributed by atoms with E-state index in [1.54, 1.807) is 24.3 Å². The standard InChI is InChI=1S/C12H12F3N5O2/c1-8(22-6-12(13,14)15)11(21)17-9-2-4-10(5-3-9)20-7-16-18-19-20/h2-5,7-8H,6H2,1H3,(H,17,21)/t8-/m0/s1. The fraction of sp³-hybridized carbons (Fsp3) is 0.333. The molecule has 0 aliphatic carbocycles. The number of alkyl halides is 3. The van der Waals surface area contributed by atoms with Crippen LogP contribution in [0.15, 0.2) is 30.6 Å². The van der Waals surface area contributed by atoms with Crippen molar-refractivity contribution in [1.29, 1.82) is 0 Å². The van der Waals surface area contributed by atoms with Crippen molar-refractivity contribution < 1.29 is 22.7 Å². The molecule has 2 aromatic rings. The smallest absolute Gasteiger partial charge is 0.359 e. The molecule has 1 aromatic heterocycles. The third-order valence-corrected chi connectivity index (χ3v) is 2.61. The van der Waals surface area contributed by atoms with E-state index in [0.717, 1.165) is 0 Å². The number of carbonyl (C=O) groups is 1. The number of ether oxygens (including phenoxy) is 1. The number of aromatic nitrogens is 4. The number of nitrogens with one attached hydrogen (secondary N) is 1. The molecule has 0 saturated heterocycles. The molecule has 10 heteroatoms. The summed E-state index contributed by atoms with van der Waals surface area (Å²) in [5, 5.41) is 13.1. The molecule has 0 aliphatic heterocycles. The zero-order chi connectivity index (χ0) is 16.2. The highest BCUT2D eigenvalue weighted by atomic mass is 19.4. The van der Waals surface area contributed by atoms with E-state index in [2.05, 4.69) is 25.6 Å². The Morgan fingerprint density at radius 2 is 2.05 bits per heavy atom. The first kappa shape index (κ1) is 15.9. The van der Waals surface area contributed by atoms with Crippen LogP contribution in [0.1, 0.15) is 6.92 Å². The van der Waals surface area contributed by atoms with Crippen molar-refractivity contribution in [3.8, 4) is 5.69 Å². The topological polar surface area (TPSA) is 81.9 Å². The fourth-order valence-corrected chi connectivity index (χ4v) is 1.52. The predicted molar refractivity (Wildman–Crippen MR) is 69.3 cm³/mol. The zero-order valence-electron chi connectivity index (χ0n) is 11.4. The number of amides is 1. The molecule has 0 spiro atoms. The van der Waals surface area contributed by atoms with E-state index in [-0.39, 0.29) is 0 Å². The lowest BCUT2D eigenvalue weighted by molar-refractivity contribution is -0.184. The SMILES string of the molecule is C[C@H](OCC(F)(F)F)C(=O)Nc1ccc(-n2cnnn2)cc1. The molecule has 0 aliphatic rings. The molecule has 1 aromatic carbocycles. The van der Waals surface area contributed by atoms with E-state index in [1.807, 2.05) is 0 Å². The van der Waals surface area contributed by atoms with E-state index in [9.17, 15) is 18.0 Å². The largest absolute Gasteiger partial charge is 0.411 e. The second-order valence-corrected chi connectivity index (χ2v) is 4.36. The van der Waals surface area contributed by atoms with Gasteiger partial charge in [-0.3, -0.25) is 4.79 Å². The monoisotopic (exact) mass is 315 g/mol. The maximum absolute atomic E-state index is 12.0. The Labute approximate surface area is 123 Å². The van der Waals surface area contributed by atoms with Gasteiger partial charge in [-0.15, -0.1) is 5.10 Å². The lowest BCUT2D eigenvalue weighted by atomic mass is 10.2. The molecular weight excluding hydrogens is 303 g/mol. The number of hydrogen-bond donors (Lipinski definition) is 1. The van der Waals surface area contributed by atoms with Gasteiger partial charge in [0.05, 0.1) is 5.69 Å². The summed E-state index contributed by atoms with van der Waals surface area (Å²) in [6, 6.07) is 6.44. The second-order valence-electron chi connectivity index (χ2n) is 4.36. The van der Waals surface area contributed by atoms with Crippen LogP contribution in [-0.4, -0.2) is 45.0 Å². The van der Waals surface area contributed by atoms with E-state index >= 15 is 0 Å². The van der Waals surface area contributed by atoms with Crippen molar-refractivity contribution >= 4 is 11.6 Å². The second kappa shape index (κ2) is 6.52. The first-order valence-corrected chi connectivity index (χ1v) is 6.18. The first-order valence-electron chi connectivity index (χ1n) is 6.18. The molecule has 1 N–H and O–H groups in total. The predicted octanol–water partition coefficient (Wildman–Crippen LogP) is 1.57. The van der Waals surface area contributed by atoms with Gasteiger partial charge >= 0.3 is 6.18 Å². The Bertz CT molecular complexity index is 613. The molecule has 22 heavy (non-hydrogen) atoms. The van der Waals surface area contributed by atoms with Crippen LogP contribution in [0.5, 0.6) is 0 Å². The summed E-state index contributed by atoms with van der Waals surface area (Å²) in [5.74, 6) is -0.667. The van der Waals surface area contributed by atoms with Crippen molar-refractivity contribution in [1.82, 2.24) is 20.2 Å². The summed E-state index contributed by atoms with van der Waals surface area (Å²) in [6.45, 7) is -0.226. The van der Waals surface area contributed by atoms with Crippen LogP contribution in [0.4, 0.5) is 18.9 Å². The van der Waals surface area contributed by atoms with Crippen molar-refractivity contribution in [3.63, 3.8) is 0 Å². The summed E-state index contributed by atoms with van der Waals surface area (Å²) in [6.07, 6.45) is -4.29. The van der Waals surface area contributed by atoms with E-state index in [1.165, 1.54) is 17.9 Å². The number of tetrazole rings is 1. The van der Waals surface area contributed by atoms with Crippen molar-refractivity contribution in [3.05, 3.63) is 30.6 Å². The molecular formula is C12H12F3N5O2. The van der Waals surface area contributed by atoms with Crippen LogP contribution in [0, 0.1) is 0 Å². The van der Waals surface area contributed by atoms with Gasteiger partial charge in [0, 0.05) is 5.69 Å². The zero-order valence-corrected chi connectivity index (χ0v) is 11.4. The van der Waals surface area contributed by atoms with Gasteiger partial charge in [0.2, 0.25) is 0 Å². The molecule has 7 nitrogen and oxygen atoms in total. The highest BCUT2D eigenvalue weighted by Crippen LogP contribution is 2.16. The molecule has 0 unspecified atom stereocenters. The third-order valence-electron chi connectivity index (χ3n) is 2.61. The van der Waals surface area contributed by atoms with E-state index in [0.29, 0.717) is 11.4 Å². The minimum atomic E-state index is -4.47. The molecule has 1 heterocycles. The summed E-state index contributed by atoms with van der Waals surface area (Å²) in [5.41, 5.74) is 1.09. The molecule has 0 saturated carbocycles. The fourth-order valence-electron chi connectivity index (χ4n) is 1.52. The molecule has 0 bridgehead atoms. The van der Waals surface area contributed by atoms with Crippen LogP contribution in [0.3, 0.4) is 0 Å². The van der Waals surface area contributed by atoms with Gasteiger partial charge in [0.1, 0.15) is 19.0 Å². The maximum atomic E-state index is 12.0. The summed E-state index contributed by atoms with van der Waals surface area (Å²) < 4.78 is 41.9. The summed E-state index contributed by atoms with van der Waals surface area (Å²) >= 11 is 0. The van der Waals surface area contributed by atoms with Crippen molar-refractivity contribution in [2.45, 2.75) is 19.2 Å². The highest BCUT2D eigenvalue weighted by molar-refractivity contribution is 5.93. The van der Waals surface area contributed by atoms with Crippen molar-refractivity contribution in [2.75, 3.05) is 11.9 Å². The van der Waals surface area contributed by atoms with E-state index < -0.39 is 24.8 Å². The molecule has 0 fully saturated rings. The summed E-state index contributed by atoms with van der Waals surface area (Å²) in [4.78, 5) is 11.7. The Morgan fingerprint density at radius 1 is 1.36 bits per heavy atom. The van der Waals surface area contributed by atoms with Crippen LogP contribution in [-0.2, 0) is 9.53 Å². The molecule has 2 rings (SSSR count). The quantitative estimate of drug-likeness (QED) is 0.905. The molecule has 1 amide bonds.